The highest BCUT2D eigenvalue weighted by Gasteiger charge is 2.34. The van der Waals surface area contributed by atoms with Crippen LogP contribution in [0.1, 0.15) is 11.1 Å². The largest absolute Gasteiger partial charge is 0.417 e. The standard InChI is InChI=1S/C11H9F3N2/c12-11(13,14)9-4-2-1-3-8(9)10-5-7(15)6-16-10/h1-5H,6,15H2. The Morgan fingerprint density at radius 2 is 1.88 bits per heavy atom. The lowest BCUT2D eigenvalue weighted by atomic mass is 10.0. The van der Waals surface area contributed by atoms with Gasteiger partial charge in [0.15, 0.2) is 0 Å². The molecule has 1 aliphatic heterocycles. The van der Waals surface area contributed by atoms with Crippen LogP contribution in [0.4, 0.5) is 13.2 Å². The second-order valence-electron chi connectivity index (χ2n) is 3.46. The Balaban J connectivity index is 2.50. The van der Waals surface area contributed by atoms with Gasteiger partial charge >= 0.3 is 6.18 Å². The van der Waals surface area contributed by atoms with Crippen molar-refractivity contribution in [2.45, 2.75) is 6.18 Å². The van der Waals surface area contributed by atoms with Crippen LogP contribution in [0.5, 0.6) is 0 Å². The molecule has 0 radical (unpaired) electrons. The number of rotatable bonds is 1. The van der Waals surface area contributed by atoms with Crippen LogP contribution >= 0.6 is 0 Å². The van der Waals surface area contributed by atoms with Gasteiger partial charge in [-0.2, -0.15) is 13.2 Å². The van der Waals surface area contributed by atoms with Gasteiger partial charge in [0.25, 0.3) is 0 Å². The molecule has 0 saturated carbocycles. The molecule has 0 atom stereocenters. The van der Waals surface area contributed by atoms with Crippen molar-refractivity contribution in [2.24, 2.45) is 10.7 Å². The van der Waals surface area contributed by atoms with Gasteiger partial charge in [-0.05, 0) is 12.1 Å². The molecule has 84 valence electrons. The zero-order chi connectivity index (χ0) is 11.8. The maximum atomic E-state index is 12.7. The van der Waals surface area contributed by atoms with E-state index in [0.717, 1.165) is 6.07 Å². The van der Waals surface area contributed by atoms with Gasteiger partial charge in [-0.25, -0.2) is 0 Å². The van der Waals surface area contributed by atoms with E-state index in [2.05, 4.69) is 4.99 Å². The van der Waals surface area contributed by atoms with Gasteiger partial charge in [0.2, 0.25) is 0 Å². The smallest absolute Gasteiger partial charge is 0.400 e. The minimum absolute atomic E-state index is 0.0791. The van der Waals surface area contributed by atoms with Gasteiger partial charge in [0.05, 0.1) is 17.8 Å². The highest BCUT2D eigenvalue weighted by atomic mass is 19.4. The van der Waals surface area contributed by atoms with Gasteiger partial charge in [-0.1, -0.05) is 18.2 Å². The third-order valence-electron chi connectivity index (χ3n) is 2.26. The van der Waals surface area contributed by atoms with E-state index in [-0.39, 0.29) is 12.1 Å². The van der Waals surface area contributed by atoms with Crippen molar-refractivity contribution in [3.8, 4) is 0 Å². The van der Waals surface area contributed by atoms with Crippen LogP contribution in [0, 0.1) is 0 Å². The molecule has 0 amide bonds. The molecular weight excluding hydrogens is 217 g/mol. The molecule has 1 aromatic carbocycles. The molecule has 0 saturated heterocycles. The molecule has 5 heteroatoms. The Morgan fingerprint density at radius 3 is 2.44 bits per heavy atom. The van der Waals surface area contributed by atoms with Crippen LogP contribution in [-0.2, 0) is 6.18 Å². The average Bonchev–Trinajstić information content (AvgIpc) is 2.64. The molecule has 0 spiro atoms. The summed E-state index contributed by atoms with van der Waals surface area (Å²) in [6.45, 7) is 0.265. The normalized spacial score (nSPS) is 15.9. The third-order valence-corrected chi connectivity index (χ3v) is 2.26. The van der Waals surface area contributed by atoms with Gasteiger partial charge in [-0.3, -0.25) is 4.99 Å². The molecule has 0 fully saturated rings. The first-order valence-corrected chi connectivity index (χ1v) is 4.65. The lowest BCUT2D eigenvalue weighted by molar-refractivity contribution is -0.137. The topological polar surface area (TPSA) is 38.4 Å². The summed E-state index contributed by atoms with van der Waals surface area (Å²) in [5.74, 6) is 0. The molecule has 0 aliphatic carbocycles. The van der Waals surface area contributed by atoms with E-state index >= 15 is 0 Å². The summed E-state index contributed by atoms with van der Waals surface area (Å²) in [6.07, 6.45) is -2.89. The average molecular weight is 226 g/mol. The summed E-state index contributed by atoms with van der Waals surface area (Å²) < 4.78 is 38.1. The van der Waals surface area contributed by atoms with Crippen LogP contribution in [0.3, 0.4) is 0 Å². The van der Waals surface area contributed by atoms with E-state index < -0.39 is 11.7 Å². The number of hydrogen-bond donors (Lipinski definition) is 1. The van der Waals surface area contributed by atoms with Gasteiger partial charge < -0.3 is 5.73 Å². The van der Waals surface area contributed by atoms with Crippen LogP contribution in [0.25, 0.3) is 0 Å². The van der Waals surface area contributed by atoms with Gasteiger partial charge in [-0.15, -0.1) is 0 Å². The molecule has 2 rings (SSSR count). The van der Waals surface area contributed by atoms with E-state index in [4.69, 9.17) is 5.73 Å². The molecule has 0 aromatic heterocycles. The molecule has 1 aromatic rings. The second-order valence-corrected chi connectivity index (χ2v) is 3.46. The molecular formula is C11H9F3N2. The summed E-state index contributed by atoms with van der Waals surface area (Å²) in [4.78, 5) is 3.96. The number of aliphatic imine (C=N–C) groups is 1. The first kappa shape index (κ1) is 10.7. The number of halogens is 3. The van der Waals surface area contributed by atoms with E-state index in [9.17, 15) is 13.2 Å². The lowest BCUT2D eigenvalue weighted by Gasteiger charge is -2.11. The van der Waals surface area contributed by atoms with E-state index in [1.165, 1.54) is 18.2 Å². The maximum Gasteiger partial charge on any atom is 0.417 e. The monoisotopic (exact) mass is 226 g/mol. The zero-order valence-electron chi connectivity index (χ0n) is 8.25. The van der Waals surface area contributed by atoms with Crippen molar-refractivity contribution in [2.75, 3.05) is 6.54 Å². The first-order chi connectivity index (χ1) is 7.48. The van der Waals surface area contributed by atoms with Crippen molar-refractivity contribution in [1.29, 1.82) is 0 Å². The molecule has 16 heavy (non-hydrogen) atoms. The fourth-order valence-corrected chi connectivity index (χ4v) is 1.56. The Morgan fingerprint density at radius 1 is 1.19 bits per heavy atom. The highest BCUT2D eigenvalue weighted by molar-refractivity contribution is 6.11. The highest BCUT2D eigenvalue weighted by Crippen LogP contribution is 2.32. The fourth-order valence-electron chi connectivity index (χ4n) is 1.56. The molecule has 1 aliphatic rings. The Labute approximate surface area is 90.3 Å². The number of nitrogens with zero attached hydrogens (tertiary/aromatic N) is 1. The fraction of sp³-hybridized carbons (Fsp3) is 0.182. The van der Waals surface area contributed by atoms with E-state index in [0.29, 0.717) is 11.4 Å². The Hall–Kier alpha value is -1.78. The van der Waals surface area contributed by atoms with Crippen LogP contribution in [0.2, 0.25) is 0 Å². The van der Waals surface area contributed by atoms with Crippen LogP contribution in [-0.4, -0.2) is 12.3 Å². The third kappa shape index (κ3) is 1.93. The molecule has 1 heterocycles. The van der Waals surface area contributed by atoms with Crippen LogP contribution < -0.4 is 5.73 Å². The number of benzene rings is 1. The molecule has 2 N–H and O–H groups in total. The maximum absolute atomic E-state index is 12.7. The summed E-state index contributed by atoms with van der Waals surface area (Å²) in [5.41, 5.74) is 5.66. The summed E-state index contributed by atoms with van der Waals surface area (Å²) in [7, 11) is 0. The lowest BCUT2D eigenvalue weighted by Crippen LogP contribution is -2.11. The predicted molar refractivity (Wildman–Crippen MR) is 55.1 cm³/mol. The quantitative estimate of drug-likeness (QED) is 0.784. The second kappa shape index (κ2) is 3.66. The molecule has 0 bridgehead atoms. The van der Waals surface area contributed by atoms with Crippen molar-refractivity contribution in [3.05, 3.63) is 47.2 Å². The Kier molecular flexibility index (Phi) is 2.46. The number of nitrogens with two attached hydrogens (primary N) is 1. The summed E-state index contributed by atoms with van der Waals surface area (Å²) in [6, 6.07) is 5.35. The Bertz CT molecular complexity index is 472. The van der Waals surface area contributed by atoms with Crippen molar-refractivity contribution in [3.63, 3.8) is 0 Å². The number of allylic oxidation sites excluding steroid dienone is 1. The summed E-state index contributed by atoms with van der Waals surface area (Å²) >= 11 is 0. The number of hydrogen-bond acceptors (Lipinski definition) is 2. The van der Waals surface area contributed by atoms with Crippen molar-refractivity contribution < 1.29 is 13.2 Å². The van der Waals surface area contributed by atoms with Crippen molar-refractivity contribution in [1.82, 2.24) is 0 Å². The van der Waals surface area contributed by atoms with Crippen molar-refractivity contribution >= 4 is 5.71 Å². The molecule has 0 unspecified atom stereocenters. The van der Waals surface area contributed by atoms with Gasteiger partial charge in [0.1, 0.15) is 0 Å². The van der Waals surface area contributed by atoms with Crippen LogP contribution in [0.15, 0.2) is 41.0 Å². The van der Waals surface area contributed by atoms with Gasteiger partial charge in [0, 0.05) is 11.3 Å². The summed E-state index contributed by atoms with van der Waals surface area (Å²) in [5, 5.41) is 0. The minimum Gasteiger partial charge on any atom is -0.400 e. The zero-order valence-corrected chi connectivity index (χ0v) is 8.25. The minimum atomic E-state index is -4.37. The van der Waals surface area contributed by atoms with E-state index in [1.54, 1.807) is 6.07 Å². The first-order valence-electron chi connectivity index (χ1n) is 4.65. The predicted octanol–water partition coefficient (Wildman–Crippen LogP) is 2.35. The number of alkyl halides is 3. The molecule has 2 nitrogen and oxygen atoms in total. The SMILES string of the molecule is NC1=CC(c2ccccc2C(F)(F)F)=NC1. The van der Waals surface area contributed by atoms with E-state index in [1.807, 2.05) is 0 Å².